The minimum absolute atomic E-state index is 0.146. The van der Waals surface area contributed by atoms with E-state index in [2.05, 4.69) is 10.6 Å². The number of urea groups is 1. The van der Waals surface area contributed by atoms with E-state index in [0.717, 1.165) is 12.8 Å². The summed E-state index contributed by atoms with van der Waals surface area (Å²) < 4.78 is 0. The summed E-state index contributed by atoms with van der Waals surface area (Å²) in [5.74, 6) is -1.16. The van der Waals surface area contributed by atoms with Gasteiger partial charge in [-0.15, -0.1) is 0 Å². The molecule has 0 aromatic heterocycles. The van der Waals surface area contributed by atoms with Gasteiger partial charge in [-0.05, 0) is 26.2 Å². The minimum atomic E-state index is -1.01. The molecule has 0 aromatic rings. The maximum atomic E-state index is 11.7. The highest BCUT2D eigenvalue weighted by Crippen LogP contribution is 2.10. The van der Waals surface area contributed by atoms with Gasteiger partial charge in [-0.3, -0.25) is 0 Å². The average molecular weight is 244 g/mol. The second-order valence-electron chi connectivity index (χ2n) is 5.29. The summed E-state index contributed by atoms with van der Waals surface area (Å²) >= 11 is 0. The van der Waals surface area contributed by atoms with Crippen LogP contribution in [-0.2, 0) is 4.79 Å². The second-order valence-corrected chi connectivity index (χ2v) is 5.29. The zero-order chi connectivity index (χ0) is 13.6. The van der Waals surface area contributed by atoms with Crippen molar-refractivity contribution in [3.8, 4) is 0 Å². The van der Waals surface area contributed by atoms with Crippen LogP contribution >= 0.6 is 0 Å². The molecule has 1 unspecified atom stereocenters. The third-order valence-corrected chi connectivity index (χ3v) is 2.55. The normalized spacial score (nSPS) is 13.3. The van der Waals surface area contributed by atoms with Crippen LogP contribution in [0.15, 0.2) is 0 Å². The highest BCUT2D eigenvalue weighted by Gasteiger charge is 2.26. The maximum absolute atomic E-state index is 11.7. The van der Waals surface area contributed by atoms with Crippen LogP contribution in [0, 0.1) is 5.92 Å². The Hall–Kier alpha value is -1.26. The van der Waals surface area contributed by atoms with E-state index in [-0.39, 0.29) is 11.5 Å². The SMILES string of the molecule is CCCC(C)(C)NC(=O)NC(C(=O)O)C(C)C. The molecule has 0 aliphatic rings. The van der Waals surface area contributed by atoms with Crippen molar-refractivity contribution in [2.45, 2.75) is 59.0 Å². The largest absolute Gasteiger partial charge is 0.480 e. The van der Waals surface area contributed by atoms with Crippen LogP contribution in [0.2, 0.25) is 0 Å². The average Bonchev–Trinajstić information content (AvgIpc) is 2.11. The summed E-state index contributed by atoms with van der Waals surface area (Å²) in [5, 5.41) is 14.2. The molecule has 0 rings (SSSR count). The molecule has 0 aliphatic heterocycles. The summed E-state index contributed by atoms with van der Waals surface area (Å²) in [6, 6.07) is -1.28. The molecule has 100 valence electrons. The van der Waals surface area contributed by atoms with Gasteiger partial charge in [0.05, 0.1) is 0 Å². The van der Waals surface area contributed by atoms with Crippen LogP contribution < -0.4 is 10.6 Å². The number of hydrogen-bond acceptors (Lipinski definition) is 2. The summed E-state index contributed by atoms with van der Waals surface area (Å²) in [6.07, 6.45) is 1.81. The lowest BCUT2D eigenvalue weighted by Crippen LogP contribution is -2.54. The molecule has 3 N–H and O–H groups in total. The summed E-state index contributed by atoms with van der Waals surface area (Å²) in [4.78, 5) is 22.6. The Morgan fingerprint density at radius 1 is 1.29 bits per heavy atom. The summed E-state index contributed by atoms with van der Waals surface area (Å²) in [5.41, 5.74) is -0.321. The van der Waals surface area contributed by atoms with Gasteiger partial charge >= 0.3 is 12.0 Å². The van der Waals surface area contributed by atoms with Gasteiger partial charge in [0.2, 0.25) is 0 Å². The Balaban J connectivity index is 4.38. The molecule has 5 heteroatoms. The third kappa shape index (κ3) is 6.14. The first kappa shape index (κ1) is 15.7. The number of carbonyl (C=O) groups excluding carboxylic acids is 1. The van der Waals surface area contributed by atoms with Crippen LogP contribution in [0.4, 0.5) is 4.79 Å². The molecule has 0 saturated carbocycles. The van der Waals surface area contributed by atoms with E-state index in [1.165, 1.54) is 0 Å². The standard InChI is InChI=1S/C12H24N2O3/c1-6-7-12(4,5)14-11(17)13-9(8(2)3)10(15)16/h8-9H,6-7H2,1-5H3,(H,15,16)(H2,13,14,17). The molecule has 5 nitrogen and oxygen atoms in total. The van der Waals surface area contributed by atoms with Gasteiger partial charge in [0, 0.05) is 5.54 Å². The van der Waals surface area contributed by atoms with Crippen molar-refractivity contribution in [2.75, 3.05) is 0 Å². The van der Waals surface area contributed by atoms with E-state index in [0.29, 0.717) is 0 Å². The van der Waals surface area contributed by atoms with Crippen molar-refractivity contribution in [1.82, 2.24) is 10.6 Å². The number of hydrogen-bond donors (Lipinski definition) is 3. The van der Waals surface area contributed by atoms with E-state index in [1.54, 1.807) is 13.8 Å². The van der Waals surface area contributed by atoms with Crippen LogP contribution in [0.5, 0.6) is 0 Å². The first-order valence-electron chi connectivity index (χ1n) is 6.01. The molecule has 0 fully saturated rings. The molecule has 2 amide bonds. The molecule has 0 aliphatic carbocycles. The summed E-state index contributed by atoms with van der Waals surface area (Å²) in [6.45, 7) is 9.39. The predicted molar refractivity (Wildman–Crippen MR) is 66.9 cm³/mol. The van der Waals surface area contributed by atoms with Crippen molar-refractivity contribution in [3.05, 3.63) is 0 Å². The van der Waals surface area contributed by atoms with E-state index in [1.807, 2.05) is 20.8 Å². The van der Waals surface area contributed by atoms with Crippen molar-refractivity contribution in [1.29, 1.82) is 0 Å². The topological polar surface area (TPSA) is 78.4 Å². The smallest absolute Gasteiger partial charge is 0.326 e. The first-order valence-corrected chi connectivity index (χ1v) is 6.01. The molecule has 0 heterocycles. The van der Waals surface area contributed by atoms with Crippen LogP contribution in [-0.4, -0.2) is 28.7 Å². The lowest BCUT2D eigenvalue weighted by atomic mass is 9.99. The van der Waals surface area contributed by atoms with E-state index >= 15 is 0 Å². The molecule has 1 atom stereocenters. The molecule has 17 heavy (non-hydrogen) atoms. The molecule has 0 radical (unpaired) electrons. The number of amides is 2. The van der Waals surface area contributed by atoms with Gasteiger partial charge in [0.1, 0.15) is 6.04 Å². The van der Waals surface area contributed by atoms with E-state index < -0.39 is 18.0 Å². The first-order chi connectivity index (χ1) is 7.69. The zero-order valence-corrected chi connectivity index (χ0v) is 11.3. The van der Waals surface area contributed by atoms with Crippen molar-refractivity contribution >= 4 is 12.0 Å². The lowest BCUT2D eigenvalue weighted by molar-refractivity contribution is -0.140. The van der Waals surface area contributed by atoms with Crippen LogP contribution in [0.3, 0.4) is 0 Å². The number of carboxylic acid groups (broad SMARTS) is 1. The second kappa shape index (κ2) is 6.47. The third-order valence-electron chi connectivity index (χ3n) is 2.55. The fourth-order valence-electron chi connectivity index (χ4n) is 1.69. The Morgan fingerprint density at radius 2 is 1.82 bits per heavy atom. The van der Waals surface area contributed by atoms with Gasteiger partial charge in [-0.2, -0.15) is 0 Å². The Morgan fingerprint density at radius 3 is 2.18 bits per heavy atom. The zero-order valence-electron chi connectivity index (χ0n) is 11.3. The fraction of sp³-hybridized carbons (Fsp3) is 0.833. The van der Waals surface area contributed by atoms with E-state index in [9.17, 15) is 9.59 Å². The van der Waals surface area contributed by atoms with Gasteiger partial charge < -0.3 is 15.7 Å². The number of nitrogens with one attached hydrogen (secondary N) is 2. The predicted octanol–water partition coefficient (Wildman–Crippen LogP) is 1.97. The Kier molecular flexibility index (Phi) is 5.99. The number of carboxylic acids is 1. The highest BCUT2D eigenvalue weighted by molar-refractivity contribution is 5.83. The molecule has 0 aromatic carbocycles. The van der Waals surface area contributed by atoms with Gasteiger partial charge in [0.15, 0.2) is 0 Å². The number of aliphatic carboxylic acids is 1. The monoisotopic (exact) mass is 244 g/mol. The molecular formula is C12H24N2O3. The molecule has 0 bridgehead atoms. The minimum Gasteiger partial charge on any atom is -0.480 e. The van der Waals surface area contributed by atoms with Gasteiger partial charge in [-0.1, -0.05) is 27.2 Å². The van der Waals surface area contributed by atoms with Crippen molar-refractivity contribution < 1.29 is 14.7 Å². The van der Waals surface area contributed by atoms with Crippen molar-refractivity contribution in [2.24, 2.45) is 5.92 Å². The molecule has 0 spiro atoms. The quantitative estimate of drug-likeness (QED) is 0.668. The molecular weight excluding hydrogens is 220 g/mol. The maximum Gasteiger partial charge on any atom is 0.326 e. The highest BCUT2D eigenvalue weighted by atomic mass is 16.4. The Bertz CT molecular complexity index is 275. The fourth-order valence-corrected chi connectivity index (χ4v) is 1.69. The van der Waals surface area contributed by atoms with Crippen molar-refractivity contribution in [3.63, 3.8) is 0 Å². The lowest BCUT2D eigenvalue weighted by Gasteiger charge is -2.27. The van der Waals surface area contributed by atoms with Crippen LogP contribution in [0.25, 0.3) is 0 Å². The summed E-state index contributed by atoms with van der Waals surface area (Å²) in [7, 11) is 0. The molecule has 0 saturated heterocycles. The number of carbonyl (C=O) groups is 2. The number of rotatable bonds is 6. The Labute approximate surface area is 103 Å². The van der Waals surface area contributed by atoms with Crippen LogP contribution in [0.1, 0.15) is 47.5 Å². The van der Waals surface area contributed by atoms with Gasteiger partial charge in [0.25, 0.3) is 0 Å². The van der Waals surface area contributed by atoms with E-state index in [4.69, 9.17) is 5.11 Å². The van der Waals surface area contributed by atoms with Gasteiger partial charge in [-0.25, -0.2) is 9.59 Å².